The first-order valence-corrected chi connectivity index (χ1v) is 9.88. The van der Waals surface area contributed by atoms with Crippen molar-refractivity contribution >= 4 is 22.5 Å². The second-order valence-corrected chi connectivity index (χ2v) is 7.25. The van der Waals surface area contributed by atoms with Gasteiger partial charge >= 0.3 is 0 Å². The van der Waals surface area contributed by atoms with Gasteiger partial charge < -0.3 is 15.0 Å². The normalized spacial score (nSPS) is 11.0. The molecule has 3 nitrogen and oxygen atoms in total. The molecule has 3 aromatic carbocycles. The molecule has 0 spiro atoms. The lowest BCUT2D eigenvalue weighted by Gasteiger charge is -2.12. The SMILES string of the molecule is Clc1cccc(COc2ccccc2CNCCc2c[nH]c3ccccc23)c1. The number of para-hydroxylation sites is 2. The Kier molecular flexibility index (Phi) is 5.95. The number of ether oxygens (including phenoxy) is 1. The van der Waals surface area contributed by atoms with Gasteiger partial charge in [-0.1, -0.05) is 60.1 Å². The van der Waals surface area contributed by atoms with Crippen LogP contribution in [0.5, 0.6) is 5.75 Å². The van der Waals surface area contributed by atoms with Crippen molar-refractivity contribution in [3.8, 4) is 5.75 Å². The summed E-state index contributed by atoms with van der Waals surface area (Å²) in [5.74, 6) is 0.905. The van der Waals surface area contributed by atoms with Crippen LogP contribution in [0.15, 0.2) is 79.0 Å². The lowest BCUT2D eigenvalue weighted by molar-refractivity contribution is 0.302. The van der Waals surface area contributed by atoms with Gasteiger partial charge in [-0.3, -0.25) is 0 Å². The predicted molar refractivity (Wildman–Crippen MR) is 116 cm³/mol. The Hall–Kier alpha value is -2.75. The fraction of sp³-hybridized carbons (Fsp3) is 0.167. The Morgan fingerprint density at radius 3 is 2.68 bits per heavy atom. The van der Waals surface area contributed by atoms with Crippen LogP contribution in [0.1, 0.15) is 16.7 Å². The number of fused-ring (bicyclic) bond motifs is 1. The average Bonchev–Trinajstić information content (AvgIpc) is 3.14. The molecule has 0 aliphatic carbocycles. The Morgan fingerprint density at radius 2 is 1.75 bits per heavy atom. The minimum atomic E-state index is 0.507. The summed E-state index contributed by atoms with van der Waals surface area (Å²) in [6.07, 6.45) is 3.09. The summed E-state index contributed by atoms with van der Waals surface area (Å²) >= 11 is 6.05. The van der Waals surface area contributed by atoms with E-state index in [-0.39, 0.29) is 0 Å². The molecule has 4 rings (SSSR count). The number of aromatic amines is 1. The van der Waals surface area contributed by atoms with Gasteiger partial charge in [-0.2, -0.15) is 0 Å². The summed E-state index contributed by atoms with van der Waals surface area (Å²) in [7, 11) is 0. The van der Waals surface area contributed by atoms with Gasteiger partial charge in [-0.25, -0.2) is 0 Å². The third kappa shape index (κ3) is 4.56. The van der Waals surface area contributed by atoms with Gasteiger partial charge in [0, 0.05) is 34.2 Å². The van der Waals surface area contributed by atoms with E-state index in [4.69, 9.17) is 16.3 Å². The number of nitrogens with one attached hydrogen (secondary N) is 2. The fourth-order valence-corrected chi connectivity index (χ4v) is 3.58. The summed E-state index contributed by atoms with van der Waals surface area (Å²) in [5, 5.41) is 5.57. The van der Waals surface area contributed by atoms with Crippen LogP contribution in [0.4, 0.5) is 0 Å². The zero-order valence-corrected chi connectivity index (χ0v) is 16.4. The summed E-state index contributed by atoms with van der Waals surface area (Å²) in [6.45, 7) is 2.19. The van der Waals surface area contributed by atoms with E-state index in [1.807, 2.05) is 42.5 Å². The second-order valence-electron chi connectivity index (χ2n) is 6.81. The molecule has 1 heterocycles. The van der Waals surface area contributed by atoms with Crippen molar-refractivity contribution in [1.82, 2.24) is 10.3 Å². The molecule has 0 unspecified atom stereocenters. The molecule has 0 aliphatic heterocycles. The summed E-state index contributed by atoms with van der Waals surface area (Å²) < 4.78 is 6.04. The van der Waals surface area contributed by atoms with Gasteiger partial charge in [0.15, 0.2) is 0 Å². The van der Waals surface area contributed by atoms with Crippen molar-refractivity contribution in [2.45, 2.75) is 19.6 Å². The van der Waals surface area contributed by atoms with Crippen LogP contribution in [-0.4, -0.2) is 11.5 Å². The molecule has 1 aromatic heterocycles. The quantitative estimate of drug-likeness (QED) is 0.377. The van der Waals surface area contributed by atoms with E-state index in [1.165, 1.54) is 16.5 Å². The molecule has 0 saturated heterocycles. The highest BCUT2D eigenvalue weighted by molar-refractivity contribution is 6.30. The highest BCUT2D eigenvalue weighted by atomic mass is 35.5. The minimum Gasteiger partial charge on any atom is -0.489 e. The smallest absolute Gasteiger partial charge is 0.124 e. The number of aromatic nitrogens is 1. The van der Waals surface area contributed by atoms with E-state index in [0.29, 0.717) is 6.61 Å². The van der Waals surface area contributed by atoms with Crippen LogP contribution in [0.25, 0.3) is 10.9 Å². The minimum absolute atomic E-state index is 0.507. The van der Waals surface area contributed by atoms with E-state index < -0.39 is 0 Å². The molecule has 0 radical (unpaired) electrons. The highest BCUT2D eigenvalue weighted by Gasteiger charge is 2.05. The van der Waals surface area contributed by atoms with E-state index in [9.17, 15) is 0 Å². The van der Waals surface area contributed by atoms with Gasteiger partial charge in [0.1, 0.15) is 12.4 Å². The molecule has 4 heteroatoms. The molecule has 0 aliphatic rings. The third-order valence-electron chi connectivity index (χ3n) is 4.82. The number of hydrogen-bond donors (Lipinski definition) is 2. The largest absolute Gasteiger partial charge is 0.489 e. The van der Waals surface area contributed by atoms with Crippen LogP contribution < -0.4 is 10.1 Å². The summed E-state index contributed by atoms with van der Waals surface area (Å²) in [5.41, 5.74) is 4.75. The average molecular weight is 391 g/mol. The van der Waals surface area contributed by atoms with Crippen LogP contribution in [-0.2, 0) is 19.6 Å². The van der Waals surface area contributed by atoms with Crippen LogP contribution in [0.2, 0.25) is 5.02 Å². The molecule has 0 atom stereocenters. The second kappa shape index (κ2) is 8.96. The molecular formula is C24H23ClN2O. The van der Waals surface area contributed by atoms with Crippen molar-refractivity contribution < 1.29 is 4.74 Å². The van der Waals surface area contributed by atoms with Crippen molar-refractivity contribution in [2.24, 2.45) is 0 Å². The van der Waals surface area contributed by atoms with Crippen LogP contribution in [0, 0.1) is 0 Å². The fourth-order valence-electron chi connectivity index (χ4n) is 3.36. The van der Waals surface area contributed by atoms with Gasteiger partial charge in [0.05, 0.1) is 0 Å². The van der Waals surface area contributed by atoms with E-state index in [2.05, 4.69) is 46.8 Å². The van der Waals surface area contributed by atoms with Crippen LogP contribution >= 0.6 is 11.6 Å². The van der Waals surface area contributed by atoms with Gasteiger partial charge in [-0.05, 0) is 48.4 Å². The molecular weight excluding hydrogens is 368 g/mol. The van der Waals surface area contributed by atoms with Gasteiger partial charge in [-0.15, -0.1) is 0 Å². The molecule has 0 bridgehead atoms. The van der Waals surface area contributed by atoms with E-state index in [0.717, 1.165) is 41.4 Å². The number of halogens is 1. The Balaban J connectivity index is 1.32. The zero-order chi connectivity index (χ0) is 19.2. The molecule has 4 aromatic rings. The van der Waals surface area contributed by atoms with Gasteiger partial charge in [0.2, 0.25) is 0 Å². The Bertz CT molecular complexity index is 1060. The number of hydrogen-bond acceptors (Lipinski definition) is 2. The number of benzene rings is 3. The monoisotopic (exact) mass is 390 g/mol. The van der Waals surface area contributed by atoms with Crippen molar-refractivity contribution in [2.75, 3.05) is 6.54 Å². The summed E-state index contributed by atoms with van der Waals surface area (Å²) in [4.78, 5) is 3.33. The first kappa shape index (κ1) is 18.6. The lowest BCUT2D eigenvalue weighted by Crippen LogP contribution is -2.17. The standard InChI is InChI=1S/C24H23ClN2O/c25-21-8-5-6-18(14-21)17-28-24-11-4-1-7-20(24)15-26-13-12-19-16-27-23-10-3-2-9-22(19)23/h1-11,14,16,26-27H,12-13,15,17H2. The zero-order valence-electron chi connectivity index (χ0n) is 15.6. The Morgan fingerprint density at radius 1 is 0.893 bits per heavy atom. The topological polar surface area (TPSA) is 37.0 Å². The van der Waals surface area contributed by atoms with Crippen molar-refractivity contribution in [1.29, 1.82) is 0 Å². The predicted octanol–water partition coefficient (Wildman–Crippen LogP) is 5.73. The Labute approximate surface area is 170 Å². The van der Waals surface area contributed by atoms with E-state index >= 15 is 0 Å². The number of rotatable bonds is 8. The van der Waals surface area contributed by atoms with E-state index in [1.54, 1.807) is 0 Å². The third-order valence-corrected chi connectivity index (χ3v) is 5.05. The van der Waals surface area contributed by atoms with Gasteiger partial charge in [0.25, 0.3) is 0 Å². The van der Waals surface area contributed by atoms with Crippen LogP contribution in [0.3, 0.4) is 0 Å². The molecule has 142 valence electrons. The maximum atomic E-state index is 6.05. The first-order chi connectivity index (χ1) is 13.8. The molecule has 28 heavy (non-hydrogen) atoms. The molecule has 0 saturated carbocycles. The first-order valence-electron chi connectivity index (χ1n) is 9.50. The van der Waals surface area contributed by atoms with Crippen molar-refractivity contribution in [3.63, 3.8) is 0 Å². The molecule has 0 amide bonds. The molecule has 0 fully saturated rings. The maximum Gasteiger partial charge on any atom is 0.124 e. The summed E-state index contributed by atoms with van der Waals surface area (Å²) in [6, 6.07) is 24.4. The van der Waals surface area contributed by atoms with Crippen molar-refractivity contribution in [3.05, 3.63) is 101 Å². The highest BCUT2D eigenvalue weighted by Crippen LogP contribution is 2.21. The lowest BCUT2D eigenvalue weighted by atomic mass is 10.1. The maximum absolute atomic E-state index is 6.05. The molecule has 2 N–H and O–H groups in total. The number of H-pyrrole nitrogens is 1.